The average molecular weight is 460 g/mol. The fourth-order valence-corrected chi connectivity index (χ4v) is 3.54. The first-order valence-electron chi connectivity index (χ1n) is 8.31. The van der Waals surface area contributed by atoms with Crippen LogP contribution in [0.2, 0.25) is 5.02 Å². The molecule has 4 rings (SSSR count). The van der Waals surface area contributed by atoms with Crippen LogP contribution in [0.5, 0.6) is 0 Å². The molecule has 0 atom stereocenters. The lowest BCUT2D eigenvalue weighted by Gasteiger charge is -2.19. The predicted molar refractivity (Wildman–Crippen MR) is 100 cm³/mol. The zero-order valence-corrected chi connectivity index (χ0v) is 16.7. The first-order chi connectivity index (χ1) is 11.8. The van der Waals surface area contributed by atoms with E-state index in [1.54, 1.807) is 0 Å². The maximum Gasteiger partial charge on any atom is 0.215 e. The van der Waals surface area contributed by atoms with Crippen molar-refractivity contribution < 1.29 is 28.6 Å². The Bertz CT molecular complexity index is 885. The lowest BCUT2D eigenvalue weighted by atomic mass is 9.92. The molecule has 0 aliphatic carbocycles. The minimum absolute atomic E-state index is 0. The molecule has 0 bridgehead atoms. The highest BCUT2D eigenvalue weighted by Gasteiger charge is 2.26. The molecule has 1 aliphatic heterocycles. The Morgan fingerprint density at radius 1 is 0.800 bits per heavy atom. The molecule has 3 heteroatoms. The van der Waals surface area contributed by atoms with Crippen LogP contribution in [0.25, 0.3) is 0 Å². The number of nitrogens with zero attached hydrogens (tertiary/aromatic N) is 1. The molecule has 0 saturated carbocycles. The van der Waals surface area contributed by atoms with Gasteiger partial charge in [0.25, 0.3) is 0 Å². The molecular formula is C22H19ClIN. The molecule has 0 saturated heterocycles. The number of halogens is 2. The van der Waals surface area contributed by atoms with E-state index in [-0.39, 0.29) is 24.0 Å². The summed E-state index contributed by atoms with van der Waals surface area (Å²) >= 11 is 6.09. The quantitative estimate of drug-likeness (QED) is 0.416. The molecule has 0 radical (unpaired) electrons. The molecule has 126 valence electrons. The van der Waals surface area contributed by atoms with Gasteiger partial charge in [-0.15, -0.1) is 0 Å². The molecule has 25 heavy (non-hydrogen) atoms. The van der Waals surface area contributed by atoms with Crippen molar-refractivity contribution in [1.82, 2.24) is 0 Å². The van der Waals surface area contributed by atoms with Crippen LogP contribution in [-0.2, 0) is 13.0 Å². The molecular weight excluding hydrogens is 441 g/mol. The average Bonchev–Trinajstić information content (AvgIpc) is 2.63. The van der Waals surface area contributed by atoms with Crippen molar-refractivity contribution in [1.29, 1.82) is 0 Å². The zero-order chi connectivity index (χ0) is 16.4. The Hall–Kier alpha value is -1.65. The normalized spacial score (nSPS) is 13.2. The third-order valence-corrected chi connectivity index (χ3v) is 4.83. The maximum atomic E-state index is 6.09. The lowest BCUT2D eigenvalue weighted by molar-refractivity contribution is -0.544. The number of benzene rings is 3. The van der Waals surface area contributed by atoms with Crippen LogP contribution in [-0.4, -0.2) is 16.8 Å². The highest BCUT2D eigenvalue weighted by molar-refractivity contribution is 6.30. The minimum Gasteiger partial charge on any atom is -1.00 e. The molecule has 0 N–H and O–H groups in total. The van der Waals surface area contributed by atoms with E-state index in [0.29, 0.717) is 0 Å². The second-order valence-electron chi connectivity index (χ2n) is 6.17. The maximum absolute atomic E-state index is 6.09. The summed E-state index contributed by atoms with van der Waals surface area (Å²) in [4.78, 5) is 0. The smallest absolute Gasteiger partial charge is 0.215 e. The molecule has 0 amide bonds. The van der Waals surface area contributed by atoms with Crippen LogP contribution >= 0.6 is 11.6 Å². The summed E-state index contributed by atoms with van der Waals surface area (Å²) in [6.07, 6.45) is 1.08. The Morgan fingerprint density at radius 3 is 2.24 bits per heavy atom. The Balaban J connectivity index is 0.00000182. The highest BCUT2D eigenvalue weighted by atomic mass is 127. The van der Waals surface area contributed by atoms with Crippen molar-refractivity contribution in [3.05, 3.63) is 106 Å². The van der Waals surface area contributed by atoms with Crippen LogP contribution < -0.4 is 24.0 Å². The third kappa shape index (κ3) is 3.96. The van der Waals surface area contributed by atoms with Crippen molar-refractivity contribution in [3.8, 4) is 0 Å². The molecule has 0 spiro atoms. The summed E-state index contributed by atoms with van der Waals surface area (Å²) in [5, 5.41) is 0.776. The second-order valence-corrected chi connectivity index (χ2v) is 6.61. The highest BCUT2D eigenvalue weighted by Crippen LogP contribution is 2.22. The van der Waals surface area contributed by atoms with Crippen LogP contribution in [0.4, 0.5) is 0 Å². The first kappa shape index (κ1) is 18.2. The zero-order valence-electron chi connectivity index (χ0n) is 13.8. The van der Waals surface area contributed by atoms with Crippen molar-refractivity contribution >= 4 is 17.3 Å². The van der Waals surface area contributed by atoms with Crippen molar-refractivity contribution in [2.45, 2.75) is 13.0 Å². The molecule has 0 unspecified atom stereocenters. The summed E-state index contributed by atoms with van der Waals surface area (Å²) in [7, 11) is 0. The summed E-state index contributed by atoms with van der Waals surface area (Å²) in [5.74, 6) is 0. The van der Waals surface area contributed by atoms with Gasteiger partial charge in [0.1, 0.15) is 6.54 Å². The third-order valence-electron chi connectivity index (χ3n) is 4.57. The van der Waals surface area contributed by atoms with E-state index < -0.39 is 0 Å². The van der Waals surface area contributed by atoms with Crippen LogP contribution in [0.15, 0.2) is 78.9 Å². The first-order valence-corrected chi connectivity index (χ1v) is 8.69. The van der Waals surface area contributed by atoms with Gasteiger partial charge in [0.2, 0.25) is 5.71 Å². The van der Waals surface area contributed by atoms with Gasteiger partial charge in [0, 0.05) is 28.1 Å². The standard InChI is InChI=1S/C22H19ClN.HI/c23-20-12-10-19(11-13-20)22-21-9-5-4-8-18(21)14-15-24(22)16-17-6-2-1-3-7-17;/h1-13H,14-16H2;1H/q+1;/p-1. The monoisotopic (exact) mass is 459 g/mol. The molecule has 3 aromatic rings. The van der Waals surface area contributed by atoms with E-state index in [2.05, 4.69) is 71.3 Å². The second kappa shape index (κ2) is 8.15. The van der Waals surface area contributed by atoms with Crippen molar-refractivity contribution in [2.24, 2.45) is 0 Å². The summed E-state index contributed by atoms with van der Waals surface area (Å²) in [5.41, 5.74) is 6.62. The Labute approximate surface area is 171 Å². The fraction of sp³-hybridized carbons (Fsp3) is 0.136. The molecule has 0 aromatic heterocycles. The van der Waals surface area contributed by atoms with Crippen LogP contribution in [0, 0.1) is 0 Å². The van der Waals surface area contributed by atoms with E-state index >= 15 is 0 Å². The van der Waals surface area contributed by atoms with Crippen molar-refractivity contribution in [2.75, 3.05) is 6.54 Å². The van der Waals surface area contributed by atoms with Crippen molar-refractivity contribution in [3.63, 3.8) is 0 Å². The van der Waals surface area contributed by atoms with E-state index in [1.807, 2.05) is 12.1 Å². The molecule has 1 nitrogen and oxygen atoms in total. The lowest BCUT2D eigenvalue weighted by Crippen LogP contribution is -3.00. The SMILES string of the molecule is Clc1ccc(C2=[N+](Cc3ccccc3)CCc3ccccc32)cc1.[I-]. The molecule has 1 heterocycles. The van der Waals surface area contributed by atoms with Gasteiger partial charge in [0.05, 0.1) is 0 Å². The van der Waals surface area contributed by atoms with E-state index in [4.69, 9.17) is 11.6 Å². The number of rotatable bonds is 3. The van der Waals surface area contributed by atoms with E-state index in [1.165, 1.54) is 28.0 Å². The van der Waals surface area contributed by atoms with Crippen LogP contribution in [0.1, 0.15) is 22.3 Å². The van der Waals surface area contributed by atoms with Gasteiger partial charge in [0.15, 0.2) is 6.54 Å². The van der Waals surface area contributed by atoms with Crippen LogP contribution in [0.3, 0.4) is 0 Å². The topological polar surface area (TPSA) is 3.01 Å². The summed E-state index contributed by atoms with van der Waals surface area (Å²) < 4.78 is 2.49. The fourth-order valence-electron chi connectivity index (χ4n) is 3.41. The predicted octanol–water partition coefficient (Wildman–Crippen LogP) is 1.95. The van der Waals surface area contributed by atoms with Gasteiger partial charge >= 0.3 is 0 Å². The molecule has 3 aromatic carbocycles. The number of hydrogen-bond acceptors (Lipinski definition) is 0. The number of fused-ring (bicyclic) bond motifs is 1. The Morgan fingerprint density at radius 2 is 1.48 bits per heavy atom. The summed E-state index contributed by atoms with van der Waals surface area (Å²) in [6.45, 7) is 1.96. The Kier molecular flexibility index (Phi) is 5.92. The van der Waals surface area contributed by atoms with Gasteiger partial charge in [-0.2, -0.15) is 0 Å². The van der Waals surface area contributed by atoms with Gasteiger partial charge < -0.3 is 24.0 Å². The molecule has 1 aliphatic rings. The van der Waals surface area contributed by atoms with Gasteiger partial charge in [-0.05, 0) is 35.9 Å². The van der Waals surface area contributed by atoms with Gasteiger partial charge in [-0.3, -0.25) is 0 Å². The largest absolute Gasteiger partial charge is 1.00 e. The minimum atomic E-state index is 0. The van der Waals surface area contributed by atoms with E-state index in [9.17, 15) is 0 Å². The van der Waals surface area contributed by atoms with Gasteiger partial charge in [-0.25, -0.2) is 4.58 Å². The van der Waals surface area contributed by atoms with Gasteiger partial charge in [-0.1, -0.05) is 60.1 Å². The summed E-state index contributed by atoms with van der Waals surface area (Å²) in [6, 6.07) is 27.6. The number of hydrogen-bond donors (Lipinski definition) is 0. The molecule has 0 fully saturated rings. The van der Waals surface area contributed by atoms with E-state index in [0.717, 1.165) is 24.5 Å².